The van der Waals surface area contributed by atoms with Gasteiger partial charge in [0, 0.05) is 19.1 Å². The number of halogens is 3. The summed E-state index contributed by atoms with van der Waals surface area (Å²) in [6, 6.07) is 6.60. The summed E-state index contributed by atoms with van der Waals surface area (Å²) in [5, 5.41) is 3.44. The summed E-state index contributed by atoms with van der Waals surface area (Å²) in [4.78, 5) is 1.98. The van der Waals surface area contributed by atoms with E-state index >= 15 is 0 Å². The van der Waals surface area contributed by atoms with Crippen LogP contribution in [0.1, 0.15) is 20.3 Å². The summed E-state index contributed by atoms with van der Waals surface area (Å²) in [5.41, 5.74) is 0.504. The lowest BCUT2D eigenvalue weighted by atomic mass is 10.0. The Balaban J connectivity index is 2.23. The fourth-order valence-corrected chi connectivity index (χ4v) is 2.55. The third-order valence-corrected chi connectivity index (χ3v) is 3.66. The maximum absolute atomic E-state index is 12.5. The molecule has 21 heavy (non-hydrogen) atoms. The average molecular weight is 302 g/mol. The first-order chi connectivity index (χ1) is 9.87. The van der Waals surface area contributed by atoms with Gasteiger partial charge in [-0.3, -0.25) is 0 Å². The fraction of sp³-hybridized carbons (Fsp3) is 0.600. The van der Waals surface area contributed by atoms with Gasteiger partial charge in [0.1, 0.15) is 0 Å². The highest BCUT2D eigenvalue weighted by molar-refractivity contribution is 5.58. The smallest absolute Gasteiger partial charge is 0.404 e. The zero-order chi connectivity index (χ0) is 15.5. The number of hydrogen-bond acceptors (Lipinski definition) is 3. The van der Waals surface area contributed by atoms with Crippen LogP contribution in [-0.4, -0.2) is 32.0 Å². The minimum absolute atomic E-state index is 0.130. The Morgan fingerprint density at radius 1 is 1.29 bits per heavy atom. The lowest BCUT2D eigenvalue weighted by molar-refractivity contribution is -0.274. The Kier molecular flexibility index (Phi) is 4.98. The molecule has 1 atom stereocenters. The highest BCUT2D eigenvalue weighted by Crippen LogP contribution is 2.33. The highest BCUT2D eigenvalue weighted by Gasteiger charge is 2.33. The number of alkyl halides is 3. The molecule has 1 aliphatic heterocycles. The molecule has 1 saturated heterocycles. The second-order valence-corrected chi connectivity index (χ2v) is 5.62. The zero-order valence-corrected chi connectivity index (χ0v) is 12.3. The van der Waals surface area contributed by atoms with Gasteiger partial charge in [-0.1, -0.05) is 26.0 Å². The molecule has 1 unspecified atom stereocenters. The third-order valence-electron chi connectivity index (χ3n) is 3.66. The predicted molar refractivity (Wildman–Crippen MR) is 76.6 cm³/mol. The normalized spacial score (nSPS) is 20.5. The van der Waals surface area contributed by atoms with E-state index in [2.05, 4.69) is 23.9 Å². The monoisotopic (exact) mass is 302 g/mol. The molecule has 0 amide bonds. The van der Waals surface area contributed by atoms with Crippen LogP contribution in [0, 0.1) is 5.92 Å². The Morgan fingerprint density at radius 2 is 2.00 bits per heavy atom. The van der Waals surface area contributed by atoms with E-state index in [0.717, 1.165) is 13.0 Å². The van der Waals surface area contributed by atoms with Crippen LogP contribution in [0.15, 0.2) is 24.3 Å². The second kappa shape index (κ2) is 6.56. The molecule has 1 aromatic rings. The summed E-state index contributed by atoms with van der Waals surface area (Å²) >= 11 is 0. The molecule has 0 radical (unpaired) electrons. The van der Waals surface area contributed by atoms with Gasteiger partial charge in [0.15, 0.2) is 5.75 Å². The number of ether oxygens (including phenoxy) is 1. The number of anilines is 1. The maximum Gasteiger partial charge on any atom is 0.573 e. The van der Waals surface area contributed by atoms with Crippen LogP contribution in [0.4, 0.5) is 18.9 Å². The Hall–Kier alpha value is -1.43. The largest absolute Gasteiger partial charge is 0.573 e. The van der Waals surface area contributed by atoms with Gasteiger partial charge in [-0.15, -0.1) is 13.2 Å². The second-order valence-electron chi connectivity index (χ2n) is 5.62. The van der Waals surface area contributed by atoms with E-state index in [0.29, 0.717) is 24.7 Å². The van der Waals surface area contributed by atoms with Crippen LogP contribution in [-0.2, 0) is 0 Å². The first kappa shape index (κ1) is 15.9. The molecule has 0 bridgehead atoms. The first-order valence-corrected chi connectivity index (χ1v) is 7.20. The third kappa shape index (κ3) is 4.52. The van der Waals surface area contributed by atoms with Crippen molar-refractivity contribution >= 4 is 5.69 Å². The number of hydrogen-bond donors (Lipinski definition) is 1. The Labute approximate surface area is 123 Å². The molecule has 0 aromatic heterocycles. The summed E-state index contributed by atoms with van der Waals surface area (Å²) < 4.78 is 41.7. The van der Waals surface area contributed by atoms with E-state index in [9.17, 15) is 13.2 Å². The average Bonchev–Trinajstić information content (AvgIpc) is 2.63. The van der Waals surface area contributed by atoms with Gasteiger partial charge in [-0.25, -0.2) is 0 Å². The van der Waals surface area contributed by atoms with Crippen LogP contribution in [0.3, 0.4) is 0 Å². The lowest BCUT2D eigenvalue weighted by Gasteiger charge is -2.29. The van der Waals surface area contributed by atoms with Gasteiger partial charge >= 0.3 is 6.36 Å². The molecule has 1 N–H and O–H groups in total. The van der Waals surface area contributed by atoms with Crippen molar-refractivity contribution in [2.45, 2.75) is 32.7 Å². The minimum Gasteiger partial charge on any atom is -0.404 e. The Morgan fingerprint density at radius 3 is 2.67 bits per heavy atom. The van der Waals surface area contributed by atoms with Gasteiger partial charge in [0.2, 0.25) is 0 Å². The van der Waals surface area contributed by atoms with Gasteiger partial charge in [-0.05, 0) is 31.0 Å². The molecular weight excluding hydrogens is 281 g/mol. The van der Waals surface area contributed by atoms with E-state index in [-0.39, 0.29) is 11.8 Å². The minimum atomic E-state index is -4.67. The van der Waals surface area contributed by atoms with Crippen molar-refractivity contribution < 1.29 is 17.9 Å². The predicted octanol–water partition coefficient (Wildman–Crippen LogP) is 3.41. The number of rotatable bonds is 3. The van der Waals surface area contributed by atoms with Crippen LogP contribution >= 0.6 is 0 Å². The van der Waals surface area contributed by atoms with E-state index < -0.39 is 6.36 Å². The van der Waals surface area contributed by atoms with E-state index in [1.807, 2.05) is 4.90 Å². The zero-order valence-electron chi connectivity index (χ0n) is 12.3. The molecule has 1 aliphatic rings. The SMILES string of the molecule is CC(C)C1CN(c2ccccc2OC(F)(F)F)CCCN1. The van der Waals surface area contributed by atoms with Gasteiger partial charge < -0.3 is 15.0 Å². The standard InChI is InChI=1S/C15H21F3N2O/c1-11(2)12-10-20(9-5-8-19-12)13-6-3-4-7-14(13)21-15(16,17)18/h3-4,6-7,11-12,19H,5,8-10H2,1-2H3. The van der Waals surface area contributed by atoms with Gasteiger partial charge in [-0.2, -0.15) is 0 Å². The van der Waals surface area contributed by atoms with E-state index in [4.69, 9.17) is 0 Å². The van der Waals surface area contributed by atoms with Crippen molar-refractivity contribution in [1.82, 2.24) is 5.32 Å². The van der Waals surface area contributed by atoms with Crippen molar-refractivity contribution in [2.24, 2.45) is 5.92 Å². The lowest BCUT2D eigenvalue weighted by Crippen LogP contribution is -2.41. The van der Waals surface area contributed by atoms with E-state index in [1.165, 1.54) is 6.07 Å². The quantitative estimate of drug-likeness (QED) is 0.926. The van der Waals surface area contributed by atoms with Crippen molar-refractivity contribution in [3.63, 3.8) is 0 Å². The molecule has 1 fully saturated rings. The highest BCUT2D eigenvalue weighted by atomic mass is 19.4. The number of nitrogens with one attached hydrogen (secondary N) is 1. The van der Waals surface area contributed by atoms with Gasteiger partial charge in [0.25, 0.3) is 0 Å². The summed E-state index contributed by atoms with van der Waals surface area (Å²) in [7, 11) is 0. The summed E-state index contributed by atoms with van der Waals surface area (Å²) in [5.74, 6) is 0.288. The van der Waals surface area contributed by atoms with Crippen molar-refractivity contribution in [3.05, 3.63) is 24.3 Å². The Bertz CT molecular complexity index is 462. The summed E-state index contributed by atoms with van der Waals surface area (Å²) in [6.45, 7) is 6.49. The molecule has 2 rings (SSSR count). The van der Waals surface area contributed by atoms with Crippen LogP contribution in [0.25, 0.3) is 0 Å². The van der Waals surface area contributed by atoms with Crippen LogP contribution < -0.4 is 15.0 Å². The number of benzene rings is 1. The molecule has 1 heterocycles. The molecule has 0 aliphatic carbocycles. The number of nitrogens with zero attached hydrogens (tertiary/aromatic N) is 1. The molecule has 0 spiro atoms. The fourth-order valence-electron chi connectivity index (χ4n) is 2.55. The molecule has 118 valence electrons. The molecule has 6 heteroatoms. The molecule has 0 saturated carbocycles. The van der Waals surface area contributed by atoms with Crippen LogP contribution in [0.5, 0.6) is 5.75 Å². The summed E-state index contributed by atoms with van der Waals surface area (Å²) in [6.07, 6.45) is -3.78. The van der Waals surface area contributed by atoms with Gasteiger partial charge in [0.05, 0.1) is 5.69 Å². The van der Waals surface area contributed by atoms with Crippen molar-refractivity contribution in [3.8, 4) is 5.75 Å². The number of para-hydroxylation sites is 2. The molecular formula is C15H21F3N2O. The first-order valence-electron chi connectivity index (χ1n) is 7.20. The topological polar surface area (TPSA) is 24.5 Å². The van der Waals surface area contributed by atoms with E-state index in [1.54, 1.807) is 18.2 Å². The molecule has 1 aromatic carbocycles. The van der Waals surface area contributed by atoms with Crippen LogP contribution in [0.2, 0.25) is 0 Å². The van der Waals surface area contributed by atoms with Crippen molar-refractivity contribution in [2.75, 3.05) is 24.5 Å². The molecule has 3 nitrogen and oxygen atoms in total. The maximum atomic E-state index is 12.5. The van der Waals surface area contributed by atoms with Crippen molar-refractivity contribution in [1.29, 1.82) is 0 Å².